The maximum Gasteiger partial charge on any atom is 0.262 e. The lowest BCUT2D eigenvalue weighted by Crippen LogP contribution is -2.19. The molecular formula is C11H10N2O2S3. The summed E-state index contributed by atoms with van der Waals surface area (Å²) in [5.74, 6) is 0. The van der Waals surface area contributed by atoms with E-state index in [2.05, 4.69) is 4.72 Å². The topological polar surface area (TPSA) is 72.2 Å². The van der Waals surface area contributed by atoms with Gasteiger partial charge in [-0.2, -0.15) is 11.3 Å². The molecule has 0 saturated carbocycles. The molecule has 2 rings (SSSR count). The van der Waals surface area contributed by atoms with Gasteiger partial charge in [0.1, 0.15) is 4.99 Å². The molecule has 0 aliphatic carbocycles. The quantitative estimate of drug-likeness (QED) is 0.849. The van der Waals surface area contributed by atoms with Crippen LogP contribution in [0.15, 0.2) is 46.0 Å². The summed E-state index contributed by atoms with van der Waals surface area (Å²) < 4.78 is 26.9. The first-order chi connectivity index (χ1) is 8.50. The highest BCUT2D eigenvalue weighted by Gasteiger charge is 2.19. The van der Waals surface area contributed by atoms with E-state index in [-0.39, 0.29) is 9.88 Å². The van der Waals surface area contributed by atoms with Gasteiger partial charge in [0.25, 0.3) is 10.0 Å². The second-order valence-corrected chi connectivity index (χ2v) is 6.35. The van der Waals surface area contributed by atoms with Crippen LogP contribution in [0.1, 0.15) is 5.56 Å². The predicted molar refractivity (Wildman–Crippen MR) is 77.5 cm³/mol. The Morgan fingerprint density at radius 1 is 1.28 bits per heavy atom. The number of nitrogens with one attached hydrogen (secondary N) is 1. The van der Waals surface area contributed by atoms with Crippen molar-refractivity contribution in [2.45, 2.75) is 4.90 Å². The van der Waals surface area contributed by atoms with E-state index in [9.17, 15) is 8.42 Å². The van der Waals surface area contributed by atoms with Crippen LogP contribution in [0.2, 0.25) is 0 Å². The average Bonchev–Trinajstić information content (AvgIpc) is 2.81. The SMILES string of the molecule is NC(=S)c1ccccc1S(=O)(=O)Nc1ccsc1. The van der Waals surface area contributed by atoms with Crippen LogP contribution < -0.4 is 10.5 Å². The minimum Gasteiger partial charge on any atom is -0.389 e. The van der Waals surface area contributed by atoms with E-state index < -0.39 is 10.0 Å². The number of anilines is 1. The first-order valence-corrected chi connectivity index (χ1v) is 7.78. The number of hydrogen-bond acceptors (Lipinski definition) is 4. The fourth-order valence-corrected chi connectivity index (χ4v) is 3.61. The lowest BCUT2D eigenvalue weighted by molar-refractivity contribution is 0.601. The summed E-state index contributed by atoms with van der Waals surface area (Å²) in [5, 5.41) is 3.50. The third-order valence-corrected chi connectivity index (χ3v) is 4.56. The third kappa shape index (κ3) is 2.69. The molecule has 0 amide bonds. The Labute approximate surface area is 115 Å². The summed E-state index contributed by atoms with van der Waals surface area (Å²) in [5.41, 5.74) is 6.39. The zero-order chi connectivity index (χ0) is 13.2. The van der Waals surface area contributed by atoms with Crippen molar-refractivity contribution in [2.24, 2.45) is 5.73 Å². The van der Waals surface area contributed by atoms with E-state index in [1.54, 1.807) is 35.0 Å². The van der Waals surface area contributed by atoms with Crippen LogP contribution in [-0.2, 0) is 10.0 Å². The zero-order valence-electron chi connectivity index (χ0n) is 9.16. The van der Waals surface area contributed by atoms with Gasteiger partial charge in [0.2, 0.25) is 0 Å². The summed E-state index contributed by atoms with van der Waals surface area (Å²) >= 11 is 6.26. The van der Waals surface area contributed by atoms with Crippen LogP contribution in [0.5, 0.6) is 0 Å². The van der Waals surface area contributed by atoms with Crippen LogP contribution in [0, 0.1) is 0 Å². The minimum atomic E-state index is -3.67. The van der Waals surface area contributed by atoms with Gasteiger partial charge in [-0.3, -0.25) is 4.72 Å². The summed E-state index contributed by atoms with van der Waals surface area (Å²) in [6.45, 7) is 0. The smallest absolute Gasteiger partial charge is 0.262 e. The van der Waals surface area contributed by atoms with E-state index in [1.165, 1.54) is 17.4 Å². The van der Waals surface area contributed by atoms with Crippen molar-refractivity contribution in [2.75, 3.05) is 4.72 Å². The van der Waals surface area contributed by atoms with Gasteiger partial charge in [0, 0.05) is 10.9 Å². The highest BCUT2D eigenvalue weighted by Crippen LogP contribution is 2.21. The molecule has 0 saturated heterocycles. The van der Waals surface area contributed by atoms with Crippen molar-refractivity contribution in [3.05, 3.63) is 46.7 Å². The number of hydrogen-bond donors (Lipinski definition) is 2. The first-order valence-electron chi connectivity index (χ1n) is 4.94. The van der Waals surface area contributed by atoms with Gasteiger partial charge >= 0.3 is 0 Å². The molecule has 1 heterocycles. The Kier molecular flexibility index (Phi) is 3.65. The van der Waals surface area contributed by atoms with E-state index in [1.807, 2.05) is 0 Å². The third-order valence-electron chi connectivity index (χ3n) is 2.22. The molecule has 1 aromatic heterocycles. The van der Waals surface area contributed by atoms with Crippen molar-refractivity contribution in [1.29, 1.82) is 0 Å². The first kappa shape index (κ1) is 13.0. The van der Waals surface area contributed by atoms with E-state index in [0.29, 0.717) is 11.3 Å². The van der Waals surface area contributed by atoms with Gasteiger partial charge in [-0.05, 0) is 17.5 Å². The number of sulfonamides is 1. The van der Waals surface area contributed by atoms with Gasteiger partial charge in [-0.25, -0.2) is 8.42 Å². The highest BCUT2D eigenvalue weighted by atomic mass is 32.2. The normalized spacial score (nSPS) is 11.1. The van der Waals surface area contributed by atoms with Crippen molar-refractivity contribution in [1.82, 2.24) is 0 Å². The molecular weight excluding hydrogens is 288 g/mol. The number of nitrogens with two attached hydrogens (primary N) is 1. The predicted octanol–water partition coefficient (Wildman–Crippen LogP) is 2.18. The summed E-state index contributed by atoms with van der Waals surface area (Å²) in [7, 11) is -3.67. The molecule has 0 spiro atoms. The maximum absolute atomic E-state index is 12.2. The molecule has 7 heteroatoms. The van der Waals surface area contributed by atoms with Gasteiger partial charge in [-0.1, -0.05) is 30.4 Å². The van der Waals surface area contributed by atoms with Crippen molar-refractivity contribution < 1.29 is 8.42 Å². The molecule has 2 aromatic rings. The summed E-state index contributed by atoms with van der Waals surface area (Å²) in [6, 6.07) is 8.07. The molecule has 0 atom stereocenters. The number of benzene rings is 1. The van der Waals surface area contributed by atoms with Crippen molar-refractivity contribution in [3.63, 3.8) is 0 Å². The monoisotopic (exact) mass is 298 g/mol. The lowest BCUT2D eigenvalue weighted by Gasteiger charge is -2.10. The molecule has 18 heavy (non-hydrogen) atoms. The Morgan fingerprint density at radius 2 is 2.00 bits per heavy atom. The molecule has 3 N–H and O–H groups in total. The highest BCUT2D eigenvalue weighted by molar-refractivity contribution is 7.93. The standard InChI is InChI=1S/C11H10N2O2S3/c12-11(16)9-3-1-2-4-10(9)18(14,15)13-8-5-6-17-7-8/h1-7,13H,(H2,12,16). The molecule has 0 aliphatic rings. The van der Waals surface area contributed by atoms with Crippen molar-refractivity contribution >= 4 is 44.3 Å². The Hall–Kier alpha value is -1.44. The lowest BCUT2D eigenvalue weighted by atomic mass is 10.2. The molecule has 0 unspecified atom stereocenters. The fourth-order valence-electron chi connectivity index (χ4n) is 1.44. The largest absolute Gasteiger partial charge is 0.389 e. The summed E-state index contributed by atoms with van der Waals surface area (Å²) in [4.78, 5) is 0.144. The molecule has 1 aromatic carbocycles. The fraction of sp³-hybridized carbons (Fsp3) is 0. The Balaban J connectivity index is 2.45. The average molecular weight is 298 g/mol. The number of rotatable bonds is 4. The molecule has 0 radical (unpaired) electrons. The number of thiocarbonyl (C=S) groups is 1. The molecule has 94 valence electrons. The van der Waals surface area contributed by atoms with Crippen LogP contribution in [-0.4, -0.2) is 13.4 Å². The van der Waals surface area contributed by atoms with Gasteiger partial charge in [0.05, 0.1) is 10.6 Å². The maximum atomic E-state index is 12.2. The summed E-state index contributed by atoms with van der Waals surface area (Å²) in [6.07, 6.45) is 0. The van der Waals surface area contributed by atoms with E-state index >= 15 is 0 Å². The van der Waals surface area contributed by atoms with Crippen LogP contribution in [0.3, 0.4) is 0 Å². The van der Waals surface area contributed by atoms with Crippen LogP contribution in [0.4, 0.5) is 5.69 Å². The molecule has 0 aliphatic heterocycles. The number of thiophene rings is 1. The molecule has 0 fully saturated rings. The van der Waals surface area contributed by atoms with Gasteiger partial charge in [-0.15, -0.1) is 0 Å². The van der Waals surface area contributed by atoms with E-state index in [0.717, 1.165) is 0 Å². The Bertz CT molecular complexity index is 663. The van der Waals surface area contributed by atoms with Crippen LogP contribution in [0.25, 0.3) is 0 Å². The Morgan fingerprint density at radius 3 is 2.61 bits per heavy atom. The second kappa shape index (κ2) is 5.05. The van der Waals surface area contributed by atoms with Gasteiger partial charge in [0.15, 0.2) is 0 Å². The minimum absolute atomic E-state index is 0.0568. The van der Waals surface area contributed by atoms with Crippen molar-refractivity contribution in [3.8, 4) is 0 Å². The van der Waals surface area contributed by atoms with E-state index in [4.69, 9.17) is 18.0 Å². The molecule has 0 bridgehead atoms. The molecule has 4 nitrogen and oxygen atoms in total. The van der Waals surface area contributed by atoms with Gasteiger partial charge < -0.3 is 5.73 Å². The van der Waals surface area contributed by atoms with Crippen LogP contribution >= 0.6 is 23.6 Å². The zero-order valence-corrected chi connectivity index (χ0v) is 11.6. The second-order valence-electron chi connectivity index (χ2n) is 3.48.